The maximum absolute atomic E-state index is 10.6. The van der Waals surface area contributed by atoms with Gasteiger partial charge in [0.25, 0.3) is 5.69 Å². The van der Waals surface area contributed by atoms with E-state index in [-0.39, 0.29) is 11.4 Å². The van der Waals surface area contributed by atoms with Gasteiger partial charge in [-0.25, -0.2) is 0 Å². The molecule has 2 aromatic rings. The molecular formula is C8H4BrN3O3. The van der Waals surface area contributed by atoms with Gasteiger partial charge in [-0.2, -0.15) is 5.10 Å². The van der Waals surface area contributed by atoms with Crippen molar-refractivity contribution >= 4 is 38.8 Å². The molecule has 1 aromatic carbocycles. The van der Waals surface area contributed by atoms with Crippen molar-refractivity contribution in [1.29, 1.82) is 0 Å². The van der Waals surface area contributed by atoms with Crippen LogP contribution in [0.25, 0.3) is 10.9 Å². The van der Waals surface area contributed by atoms with E-state index in [4.69, 9.17) is 0 Å². The lowest BCUT2D eigenvalue weighted by atomic mass is 10.2. The predicted molar refractivity (Wildman–Crippen MR) is 55.8 cm³/mol. The van der Waals surface area contributed by atoms with Gasteiger partial charge in [0.05, 0.1) is 9.40 Å². The molecular weight excluding hydrogens is 266 g/mol. The van der Waals surface area contributed by atoms with Gasteiger partial charge < -0.3 is 0 Å². The minimum atomic E-state index is -0.522. The maximum atomic E-state index is 10.6. The largest absolute Gasteiger partial charge is 0.296 e. The van der Waals surface area contributed by atoms with Crippen LogP contribution in [0.4, 0.5) is 5.69 Å². The molecule has 0 aliphatic carbocycles. The number of aromatic nitrogens is 2. The third kappa shape index (κ3) is 1.50. The Morgan fingerprint density at radius 1 is 1.53 bits per heavy atom. The van der Waals surface area contributed by atoms with Crippen LogP contribution in [0.5, 0.6) is 0 Å². The lowest BCUT2D eigenvalue weighted by Gasteiger charge is -1.94. The molecule has 7 heteroatoms. The van der Waals surface area contributed by atoms with Gasteiger partial charge in [-0.1, -0.05) is 0 Å². The first-order valence-corrected chi connectivity index (χ1v) is 4.70. The summed E-state index contributed by atoms with van der Waals surface area (Å²) in [6, 6.07) is 2.66. The average molecular weight is 270 g/mol. The monoisotopic (exact) mass is 269 g/mol. The minimum absolute atomic E-state index is 0.0844. The molecule has 0 aliphatic heterocycles. The fraction of sp³-hybridized carbons (Fsp3) is 0. The number of fused-ring (bicyclic) bond motifs is 1. The molecule has 1 aromatic heterocycles. The highest BCUT2D eigenvalue weighted by Crippen LogP contribution is 2.29. The maximum Gasteiger partial charge on any atom is 0.271 e. The van der Waals surface area contributed by atoms with Gasteiger partial charge in [-0.15, -0.1) is 0 Å². The van der Waals surface area contributed by atoms with Gasteiger partial charge in [0.15, 0.2) is 6.29 Å². The van der Waals surface area contributed by atoms with Crippen LogP contribution < -0.4 is 0 Å². The number of nitro groups is 1. The zero-order valence-corrected chi connectivity index (χ0v) is 8.82. The Balaban J connectivity index is 2.82. The van der Waals surface area contributed by atoms with Crippen molar-refractivity contribution in [1.82, 2.24) is 10.2 Å². The first-order chi connectivity index (χ1) is 7.13. The molecule has 76 valence electrons. The molecule has 1 N–H and O–H groups in total. The number of aldehydes is 1. The summed E-state index contributed by atoms with van der Waals surface area (Å²) in [4.78, 5) is 20.7. The summed E-state index contributed by atoms with van der Waals surface area (Å²) in [7, 11) is 0. The van der Waals surface area contributed by atoms with Crippen LogP contribution in [0.15, 0.2) is 16.6 Å². The number of aromatic amines is 1. The average Bonchev–Trinajstić information content (AvgIpc) is 2.60. The van der Waals surface area contributed by atoms with Crippen molar-refractivity contribution in [3.8, 4) is 0 Å². The molecule has 0 saturated carbocycles. The van der Waals surface area contributed by atoms with Crippen molar-refractivity contribution in [2.45, 2.75) is 0 Å². The zero-order chi connectivity index (χ0) is 11.0. The van der Waals surface area contributed by atoms with E-state index in [0.717, 1.165) is 0 Å². The standard InChI is InChI=1S/C8H4BrN3O3/c9-6-2-4(12(14)15)1-5-7(3-13)10-11-8(5)6/h1-3H,(H,10,11). The Morgan fingerprint density at radius 3 is 2.87 bits per heavy atom. The zero-order valence-electron chi connectivity index (χ0n) is 7.23. The fourth-order valence-corrected chi connectivity index (χ4v) is 1.81. The summed E-state index contributed by atoms with van der Waals surface area (Å²) in [6.45, 7) is 0. The smallest absolute Gasteiger partial charge is 0.271 e. The lowest BCUT2D eigenvalue weighted by molar-refractivity contribution is -0.384. The number of non-ortho nitro benzene ring substituents is 1. The van der Waals surface area contributed by atoms with E-state index >= 15 is 0 Å². The van der Waals surface area contributed by atoms with Crippen LogP contribution in [0.3, 0.4) is 0 Å². The molecule has 0 amide bonds. The molecule has 0 bridgehead atoms. The first kappa shape index (κ1) is 9.78. The van der Waals surface area contributed by atoms with Crippen LogP contribution in [-0.4, -0.2) is 21.4 Å². The van der Waals surface area contributed by atoms with Crippen molar-refractivity contribution in [3.05, 3.63) is 32.4 Å². The van der Waals surface area contributed by atoms with Gasteiger partial charge in [0.2, 0.25) is 0 Å². The second-order valence-corrected chi connectivity index (χ2v) is 3.69. The number of H-pyrrole nitrogens is 1. The number of nitrogens with one attached hydrogen (secondary N) is 1. The van der Waals surface area contributed by atoms with Gasteiger partial charge in [0, 0.05) is 17.5 Å². The second kappa shape index (κ2) is 3.43. The highest BCUT2D eigenvalue weighted by atomic mass is 79.9. The number of nitrogens with zero attached hydrogens (tertiary/aromatic N) is 2. The molecule has 0 radical (unpaired) electrons. The van der Waals surface area contributed by atoms with Gasteiger partial charge >= 0.3 is 0 Å². The van der Waals surface area contributed by atoms with Crippen molar-refractivity contribution in [3.63, 3.8) is 0 Å². The molecule has 6 nitrogen and oxygen atoms in total. The Hall–Kier alpha value is -1.76. The van der Waals surface area contributed by atoms with Crippen molar-refractivity contribution < 1.29 is 9.72 Å². The van der Waals surface area contributed by atoms with Gasteiger partial charge in [0.1, 0.15) is 11.2 Å². The normalized spacial score (nSPS) is 10.5. The van der Waals surface area contributed by atoms with Crippen LogP contribution in [0.2, 0.25) is 0 Å². The number of hydrogen-bond acceptors (Lipinski definition) is 4. The number of carbonyl (C=O) groups is 1. The summed E-state index contributed by atoms with van der Waals surface area (Å²) in [5.74, 6) is 0. The number of benzene rings is 1. The number of nitro benzene ring substituents is 1. The lowest BCUT2D eigenvalue weighted by Crippen LogP contribution is -1.88. The van der Waals surface area contributed by atoms with Crippen molar-refractivity contribution in [2.75, 3.05) is 0 Å². The van der Waals surface area contributed by atoms with E-state index in [1.807, 2.05) is 0 Å². The van der Waals surface area contributed by atoms with E-state index < -0.39 is 4.92 Å². The molecule has 0 saturated heterocycles. The van der Waals surface area contributed by atoms with Crippen molar-refractivity contribution in [2.24, 2.45) is 0 Å². The number of hydrogen-bond donors (Lipinski definition) is 1. The minimum Gasteiger partial charge on any atom is -0.296 e. The van der Waals surface area contributed by atoms with Crippen LogP contribution in [0.1, 0.15) is 10.5 Å². The summed E-state index contributed by atoms with van der Waals surface area (Å²) in [5, 5.41) is 17.4. The number of rotatable bonds is 2. The summed E-state index contributed by atoms with van der Waals surface area (Å²) in [5.41, 5.74) is 0.649. The van der Waals surface area contributed by atoms with Crippen LogP contribution in [-0.2, 0) is 0 Å². The molecule has 0 unspecified atom stereocenters. The Morgan fingerprint density at radius 2 is 2.27 bits per heavy atom. The Labute approximate surface area is 91.6 Å². The fourth-order valence-electron chi connectivity index (χ4n) is 1.28. The third-order valence-electron chi connectivity index (χ3n) is 1.96. The third-order valence-corrected chi connectivity index (χ3v) is 2.56. The summed E-state index contributed by atoms with van der Waals surface area (Å²) in [6.07, 6.45) is 0.575. The van der Waals surface area contributed by atoms with Gasteiger partial charge in [-0.05, 0) is 15.9 Å². The molecule has 2 rings (SSSR count). The van der Waals surface area contributed by atoms with E-state index in [1.165, 1.54) is 12.1 Å². The predicted octanol–water partition coefficient (Wildman–Crippen LogP) is 2.05. The SMILES string of the molecule is O=Cc1[nH]nc2c(Br)cc([N+](=O)[O-])cc12. The summed E-state index contributed by atoms with van der Waals surface area (Å²) >= 11 is 3.16. The highest BCUT2D eigenvalue weighted by molar-refractivity contribution is 9.10. The molecule has 0 fully saturated rings. The van der Waals surface area contributed by atoms with Crippen LogP contribution in [0, 0.1) is 10.1 Å². The highest BCUT2D eigenvalue weighted by Gasteiger charge is 2.14. The second-order valence-electron chi connectivity index (χ2n) is 2.84. The Bertz CT molecular complexity index is 564. The van der Waals surface area contributed by atoms with Crippen LogP contribution >= 0.6 is 15.9 Å². The van der Waals surface area contributed by atoms with E-state index in [9.17, 15) is 14.9 Å². The topological polar surface area (TPSA) is 88.9 Å². The van der Waals surface area contributed by atoms with E-state index in [0.29, 0.717) is 21.7 Å². The molecule has 1 heterocycles. The molecule has 0 spiro atoms. The quantitative estimate of drug-likeness (QED) is 0.513. The van der Waals surface area contributed by atoms with E-state index in [2.05, 4.69) is 26.1 Å². The Kier molecular flexibility index (Phi) is 2.24. The number of carbonyl (C=O) groups excluding carboxylic acids is 1. The number of halogens is 1. The molecule has 15 heavy (non-hydrogen) atoms. The molecule has 0 atom stereocenters. The van der Waals surface area contributed by atoms with Gasteiger partial charge in [-0.3, -0.25) is 20.0 Å². The van der Waals surface area contributed by atoms with E-state index in [1.54, 1.807) is 0 Å². The molecule has 0 aliphatic rings. The summed E-state index contributed by atoms with van der Waals surface area (Å²) < 4.78 is 0.482. The first-order valence-electron chi connectivity index (χ1n) is 3.90.